The number of aryl methyl sites for hydroxylation is 1. The lowest BCUT2D eigenvalue weighted by molar-refractivity contribution is 0.920. The molecule has 3 heterocycles. The molecule has 0 aliphatic rings. The minimum Gasteiger partial charge on any atom is -0.363 e. The summed E-state index contributed by atoms with van der Waals surface area (Å²) in [6.45, 7) is 2.74. The van der Waals surface area contributed by atoms with Crippen molar-refractivity contribution in [3.8, 4) is 0 Å². The molecule has 0 radical (unpaired) electrons. The zero-order valence-corrected chi connectivity index (χ0v) is 12.1. The van der Waals surface area contributed by atoms with Crippen LogP contribution in [-0.4, -0.2) is 14.6 Å². The molecule has 0 amide bonds. The van der Waals surface area contributed by atoms with E-state index in [0.29, 0.717) is 0 Å². The summed E-state index contributed by atoms with van der Waals surface area (Å²) in [6, 6.07) is 4.08. The summed E-state index contributed by atoms with van der Waals surface area (Å²) in [5.74, 6) is 0.860. The second kappa shape index (κ2) is 4.70. The van der Waals surface area contributed by atoms with Crippen LogP contribution in [0.5, 0.6) is 0 Å². The van der Waals surface area contributed by atoms with Gasteiger partial charge in [0.15, 0.2) is 5.82 Å². The zero-order valence-electron chi connectivity index (χ0n) is 9.72. The number of nitrogens with one attached hydrogen (secondary N) is 1. The van der Waals surface area contributed by atoms with Gasteiger partial charge in [0.05, 0.1) is 12.2 Å². The van der Waals surface area contributed by atoms with Crippen LogP contribution in [0.2, 0.25) is 0 Å². The molecule has 0 bridgehead atoms. The molecule has 0 unspecified atom stereocenters. The minimum absolute atomic E-state index is 0.759. The Morgan fingerprint density at radius 2 is 2.39 bits per heavy atom. The van der Waals surface area contributed by atoms with Gasteiger partial charge in [0.2, 0.25) is 0 Å². The van der Waals surface area contributed by atoms with E-state index in [2.05, 4.69) is 42.8 Å². The van der Waals surface area contributed by atoms with Crippen LogP contribution in [0, 0.1) is 6.92 Å². The van der Waals surface area contributed by atoms with Crippen LogP contribution < -0.4 is 5.32 Å². The van der Waals surface area contributed by atoms with Crippen molar-refractivity contribution in [3.05, 3.63) is 45.0 Å². The quantitative estimate of drug-likeness (QED) is 0.802. The van der Waals surface area contributed by atoms with E-state index in [4.69, 9.17) is 0 Å². The van der Waals surface area contributed by atoms with E-state index in [1.807, 2.05) is 23.7 Å². The molecule has 0 aliphatic carbocycles. The van der Waals surface area contributed by atoms with E-state index in [-0.39, 0.29) is 0 Å². The maximum Gasteiger partial charge on any atom is 0.152 e. The third-order valence-corrected chi connectivity index (χ3v) is 4.55. The van der Waals surface area contributed by atoms with Gasteiger partial charge in [-0.3, -0.25) is 0 Å². The van der Waals surface area contributed by atoms with E-state index in [1.54, 1.807) is 17.5 Å². The van der Waals surface area contributed by atoms with Gasteiger partial charge >= 0.3 is 0 Å². The summed E-state index contributed by atoms with van der Waals surface area (Å²) in [6.07, 6.45) is 3.61. The van der Waals surface area contributed by atoms with Crippen LogP contribution in [0.1, 0.15) is 10.6 Å². The van der Waals surface area contributed by atoms with E-state index in [1.165, 1.54) is 4.88 Å². The fraction of sp³-hybridized carbons (Fsp3) is 0.167. The van der Waals surface area contributed by atoms with Crippen LogP contribution in [-0.2, 0) is 6.54 Å². The molecule has 0 saturated heterocycles. The molecule has 3 aromatic heterocycles. The molecule has 3 aromatic rings. The maximum atomic E-state index is 4.37. The predicted molar refractivity (Wildman–Crippen MR) is 77.1 cm³/mol. The zero-order chi connectivity index (χ0) is 12.5. The number of halogens is 1. The molecule has 18 heavy (non-hydrogen) atoms. The molecule has 0 spiro atoms. The van der Waals surface area contributed by atoms with Crippen molar-refractivity contribution in [2.24, 2.45) is 0 Å². The van der Waals surface area contributed by atoms with Crippen molar-refractivity contribution in [2.45, 2.75) is 13.5 Å². The maximum absolute atomic E-state index is 4.37. The molecule has 0 atom stereocenters. The van der Waals surface area contributed by atoms with Crippen LogP contribution in [0.4, 0.5) is 5.82 Å². The molecule has 3 rings (SSSR count). The highest BCUT2D eigenvalue weighted by molar-refractivity contribution is 9.10. The van der Waals surface area contributed by atoms with Crippen molar-refractivity contribution in [3.63, 3.8) is 0 Å². The van der Waals surface area contributed by atoms with Gasteiger partial charge in [-0.25, -0.2) is 9.50 Å². The smallest absolute Gasteiger partial charge is 0.152 e. The van der Waals surface area contributed by atoms with Crippen molar-refractivity contribution in [1.82, 2.24) is 14.6 Å². The van der Waals surface area contributed by atoms with Gasteiger partial charge in [-0.1, -0.05) is 0 Å². The molecular formula is C12H11BrN4S. The third-order valence-electron chi connectivity index (χ3n) is 2.62. The van der Waals surface area contributed by atoms with Crippen LogP contribution in [0.25, 0.3) is 5.52 Å². The lowest BCUT2D eigenvalue weighted by Gasteiger charge is -2.05. The summed E-state index contributed by atoms with van der Waals surface area (Å²) in [7, 11) is 0. The molecule has 1 N–H and O–H groups in total. The fourth-order valence-electron chi connectivity index (χ4n) is 1.80. The normalized spacial score (nSPS) is 11.0. The summed E-state index contributed by atoms with van der Waals surface area (Å²) >= 11 is 5.25. The fourth-order valence-corrected chi connectivity index (χ4v) is 3.23. The van der Waals surface area contributed by atoms with Gasteiger partial charge in [-0.15, -0.1) is 11.3 Å². The van der Waals surface area contributed by atoms with Crippen molar-refractivity contribution < 1.29 is 0 Å². The molecule has 0 fully saturated rings. The molecule has 0 saturated carbocycles. The molecular weight excluding hydrogens is 312 g/mol. The lowest BCUT2D eigenvalue weighted by atomic mass is 10.4. The topological polar surface area (TPSA) is 42.2 Å². The molecule has 0 aliphatic heterocycles. The summed E-state index contributed by atoms with van der Waals surface area (Å²) < 4.78 is 2.98. The number of nitrogens with zero attached hydrogens (tertiary/aromatic N) is 3. The molecule has 4 nitrogen and oxygen atoms in total. The van der Waals surface area contributed by atoms with E-state index in [9.17, 15) is 0 Å². The average Bonchev–Trinajstić information content (AvgIpc) is 2.91. The van der Waals surface area contributed by atoms with Gasteiger partial charge in [-0.05, 0) is 40.4 Å². The molecule has 0 aromatic carbocycles. The van der Waals surface area contributed by atoms with Crippen LogP contribution in [0.3, 0.4) is 0 Å². The second-order valence-corrected chi connectivity index (χ2v) is 5.79. The van der Waals surface area contributed by atoms with Gasteiger partial charge in [0, 0.05) is 21.7 Å². The monoisotopic (exact) mass is 322 g/mol. The Morgan fingerprint density at radius 3 is 3.17 bits per heavy atom. The first-order valence-corrected chi connectivity index (χ1v) is 7.18. The Kier molecular flexibility index (Phi) is 3.05. The highest BCUT2D eigenvalue weighted by atomic mass is 79.9. The van der Waals surface area contributed by atoms with E-state index >= 15 is 0 Å². The number of anilines is 1. The standard InChI is InChI=1S/C12H11BrN4S/c1-8-6-10-12(14-3-4-17(10)16-8)15-7-11-9(13)2-5-18-11/h2-6H,7H2,1H3,(H,14,15). The van der Waals surface area contributed by atoms with E-state index in [0.717, 1.165) is 28.0 Å². The number of aromatic nitrogens is 3. The largest absolute Gasteiger partial charge is 0.363 e. The first-order valence-electron chi connectivity index (χ1n) is 5.51. The number of hydrogen-bond donors (Lipinski definition) is 1. The van der Waals surface area contributed by atoms with Crippen molar-refractivity contribution >= 4 is 38.6 Å². The first-order chi connectivity index (χ1) is 8.74. The highest BCUT2D eigenvalue weighted by Crippen LogP contribution is 2.24. The van der Waals surface area contributed by atoms with Crippen LogP contribution in [0.15, 0.2) is 34.4 Å². The number of hydrogen-bond acceptors (Lipinski definition) is 4. The number of thiophene rings is 1. The predicted octanol–water partition coefficient (Wildman–Crippen LogP) is 3.47. The lowest BCUT2D eigenvalue weighted by Crippen LogP contribution is -2.02. The SMILES string of the molecule is Cc1cc2c(NCc3sccc3Br)nccn2n1. The molecule has 6 heteroatoms. The Balaban J connectivity index is 1.88. The molecule has 92 valence electrons. The highest BCUT2D eigenvalue weighted by Gasteiger charge is 2.06. The number of rotatable bonds is 3. The van der Waals surface area contributed by atoms with Crippen molar-refractivity contribution in [1.29, 1.82) is 0 Å². The van der Waals surface area contributed by atoms with Crippen LogP contribution >= 0.6 is 27.3 Å². The summed E-state index contributed by atoms with van der Waals surface area (Å²) in [5, 5.41) is 9.79. The average molecular weight is 323 g/mol. The Morgan fingerprint density at radius 1 is 1.50 bits per heavy atom. The first kappa shape index (κ1) is 11.7. The van der Waals surface area contributed by atoms with E-state index < -0.39 is 0 Å². The number of fused-ring (bicyclic) bond motifs is 1. The van der Waals surface area contributed by atoms with Gasteiger partial charge in [0.25, 0.3) is 0 Å². The summed E-state index contributed by atoms with van der Waals surface area (Å²) in [4.78, 5) is 5.63. The van der Waals surface area contributed by atoms with Crippen molar-refractivity contribution in [2.75, 3.05) is 5.32 Å². The van der Waals surface area contributed by atoms with Gasteiger partial charge < -0.3 is 5.32 Å². The minimum atomic E-state index is 0.759. The Bertz CT molecular complexity index is 688. The Labute approximate surface area is 117 Å². The third kappa shape index (κ3) is 2.13. The van der Waals surface area contributed by atoms with Gasteiger partial charge in [0.1, 0.15) is 5.52 Å². The Hall–Kier alpha value is -1.40. The summed E-state index contributed by atoms with van der Waals surface area (Å²) in [5.41, 5.74) is 1.99. The second-order valence-electron chi connectivity index (χ2n) is 3.94. The van der Waals surface area contributed by atoms with Gasteiger partial charge in [-0.2, -0.15) is 5.10 Å².